The van der Waals surface area contributed by atoms with Crippen molar-refractivity contribution in [3.05, 3.63) is 46.8 Å². The maximum Gasteiger partial charge on any atom is 0.255 e. The van der Waals surface area contributed by atoms with E-state index in [2.05, 4.69) is 15.5 Å². The molecule has 0 unspecified atom stereocenters. The SMILES string of the molecule is Cc1n[nH]c(C)c1NC(=O)c1ccc(F)c(F)c1. The van der Waals surface area contributed by atoms with Crippen LogP contribution in [0.1, 0.15) is 21.7 Å². The molecule has 18 heavy (non-hydrogen) atoms. The number of hydrogen-bond donors (Lipinski definition) is 2. The first-order chi connectivity index (χ1) is 8.49. The number of halogens is 2. The van der Waals surface area contributed by atoms with Gasteiger partial charge in [0.15, 0.2) is 11.6 Å². The van der Waals surface area contributed by atoms with E-state index in [1.54, 1.807) is 13.8 Å². The Morgan fingerprint density at radius 3 is 2.56 bits per heavy atom. The van der Waals surface area contributed by atoms with Crippen LogP contribution in [-0.4, -0.2) is 16.1 Å². The van der Waals surface area contributed by atoms with Gasteiger partial charge in [0.05, 0.1) is 17.1 Å². The summed E-state index contributed by atoms with van der Waals surface area (Å²) in [7, 11) is 0. The molecule has 2 rings (SSSR count). The second-order valence-corrected chi connectivity index (χ2v) is 3.89. The summed E-state index contributed by atoms with van der Waals surface area (Å²) < 4.78 is 25.7. The van der Waals surface area contributed by atoms with Crippen LogP contribution < -0.4 is 5.32 Å². The standard InChI is InChI=1S/C12H11F2N3O/c1-6-11(7(2)17-16-6)15-12(18)8-3-4-9(13)10(14)5-8/h3-5H,1-2H3,(H,15,18)(H,16,17). The van der Waals surface area contributed by atoms with Crippen molar-refractivity contribution < 1.29 is 13.6 Å². The summed E-state index contributed by atoms with van der Waals surface area (Å²) in [6.45, 7) is 3.48. The zero-order chi connectivity index (χ0) is 13.3. The Labute approximate surface area is 102 Å². The summed E-state index contributed by atoms with van der Waals surface area (Å²) in [6, 6.07) is 2.99. The minimum absolute atomic E-state index is 0.0499. The number of nitrogens with zero attached hydrogens (tertiary/aromatic N) is 1. The number of rotatable bonds is 2. The minimum Gasteiger partial charge on any atom is -0.319 e. The number of aromatic nitrogens is 2. The van der Waals surface area contributed by atoms with Crippen LogP contribution in [0.3, 0.4) is 0 Å². The van der Waals surface area contributed by atoms with Crippen molar-refractivity contribution in [3.8, 4) is 0 Å². The fourth-order valence-electron chi connectivity index (χ4n) is 1.56. The van der Waals surface area contributed by atoms with E-state index in [4.69, 9.17) is 0 Å². The Hall–Kier alpha value is -2.24. The normalized spacial score (nSPS) is 10.4. The number of anilines is 1. The maximum absolute atomic E-state index is 13.0. The highest BCUT2D eigenvalue weighted by Crippen LogP contribution is 2.18. The molecule has 0 bridgehead atoms. The number of hydrogen-bond acceptors (Lipinski definition) is 2. The number of aryl methyl sites for hydroxylation is 2. The number of aromatic amines is 1. The third-order valence-electron chi connectivity index (χ3n) is 2.55. The summed E-state index contributed by atoms with van der Waals surface area (Å²) in [5.41, 5.74) is 1.92. The van der Waals surface area contributed by atoms with Gasteiger partial charge in [-0.2, -0.15) is 5.10 Å². The molecule has 0 aliphatic carbocycles. The van der Waals surface area contributed by atoms with E-state index in [0.29, 0.717) is 17.1 Å². The van der Waals surface area contributed by atoms with Crippen molar-refractivity contribution in [2.75, 3.05) is 5.32 Å². The second-order valence-electron chi connectivity index (χ2n) is 3.89. The van der Waals surface area contributed by atoms with E-state index in [0.717, 1.165) is 12.1 Å². The van der Waals surface area contributed by atoms with Crippen LogP contribution >= 0.6 is 0 Å². The Bertz CT molecular complexity index is 588. The van der Waals surface area contributed by atoms with E-state index in [-0.39, 0.29) is 5.56 Å². The van der Waals surface area contributed by atoms with Crippen LogP contribution in [0.25, 0.3) is 0 Å². The van der Waals surface area contributed by atoms with E-state index in [1.165, 1.54) is 6.07 Å². The Kier molecular flexibility index (Phi) is 3.10. The van der Waals surface area contributed by atoms with E-state index < -0.39 is 17.5 Å². The monoisotopic (exact) mass is 251 g/mol. The molecule has 1 heterocycles. The van der Waals surface area contributed by atoms with Crippen LogP contribution in [0.15, 0.2) is 18.2 Å². The van der Waals surface area contributed by atoms with Gasteiger partial charge in [0.1, 0.15) is 0 Å². The number of carbonyl (C=O) groups is 1. The predicted molar refractivity (Wildman–Crippen MR) is 62.4 cm³/mol. The fraction of sp³-hybridized carbons (Fsp3) is 0.167. The molecule has 1 aromatic heterocycles. The highest BCUT2D eigenvalue weighted by Gasteiger charge is 2.13. The highest BCUT2D eigenvalue weighted by atomic mass is 19.2. The van der Waals surface area contributed by atoms with Gasteiger partial charge >= 0.3 is 0 Å². The maximum atomic E-state index is 13.0. The molecule has 1 aromatic carbocycles. The van der Waals surface area contributed by atoms with Gasteiger partial charge in [0, 0.05) is 5.56 Å². The van der Waals surface area contributed by atoms with Crippen molar-refractivity contribution in [2.45, 2.75) is 13.8 Å². The van der Waals surface area contributed by atoms with Crippen molar-refractivity contribution in [1.29, 1.82) is 0 Å². The summed E-state index contributed by atoms with van der Waals surface area (Å²) in [5.74, 6) is -2.55. The van der Waals surface area contributed by atoms with Crippen molar-refractivity contribution >= 4 is 11.6 Å². The van der Waals surface area contributed by atoms with Gasteiger partial charge in [-0.15, -0.1) is 0 Å². The van der Waals surface area contributed by atoms with Gasteiger partial charge in [-0.25, -0.2) is 8.78 Å². The van der Waals surface area contributed by atoms with Crippen molar-refractivity contribution in [2.24, 2.45) is 0 Å². The van der Waals surface area contributed by atoms with E-state index >= 15 is 0 Å². The van der Waals surface area contributed by atoms with Crippen LogP contribution in [0.2, 0.25) is 0 Å². The van der Waals surface area contributed by atoms with Gasteiger partial charge in [-0.1, -0.05) is 0 Å². The number of nitrogens with one attached hydrogen (secondary N) is 2. The van der Waals surface area contributed by atoms with Crippen LogP contribution in [0, 0.1) is 25.5 Å². The quantitative estimate of drug-likeness (QED) is 0.861. The molecule has 0 aliphatic heterocycles. The highest BCUT2D eigenvalue weighted by molar-refractivity contribution is 6.04. The molecule has 6 heteroatoms. The number of carbonyl (C=O) groups excluding carboxylic acids is 1. The molecule has 4 nitrogen and oxygen atoms in total. The zero-order valence-electron chi connectivity index (χ0n) is 9.84. The first-order valence-corrected chi connectivity index (χ1v) is 5.27. The van der Waals surface area contributed by atoms with Crippen LogP contribution in [0.5, 0.6) is 0 Å². The first-order valence-electron chi connectivity index (χ1n) is 5.27. The lowest BCUT2D eigenvalue weighted by Gasteiger charge is -2.05. The third kappa shape index (κ3) is 2.22. The third-order valence-corrected chi connectivity index (χ3v) is 2.55. The second kappa shape index (κ2) is 4.56. The minimum atomic E-state index is -1.05. The van der Waals surface area contributed by atoms with Crippen LogP contribution in [-0.2, 0) is 0 Å². The smallest absolute Gasteiger partial charge is 0.255 e. The molecule has 0 fully saturated rings. The van der Waals surface area contributed by atoms with Crippen molar-refractivity contribution in [3.63, 3.8) is 0 Å². The molecule has 0 radical (unpaired) electrons. The van der Waals surface area contributed by atoms with Gasteiger partial charge < -0.3 is 5.32 Å². The van der Waals surface area contributed by atoms with E-state index in [1.807, 2.05) is 0 Å². The Balaban J connectivity index is 2.25. The summed E-state index contributed by atoms with van der Waals surface area (Å²) >= 11 is 0. The molecular weight excluding hydrogens is 240 g/mol. The summed E-state index contributed by atoms with van der Waals surface area (Å²) in [6.07, 6.45) is 0. The average Bonchev–Trinajstić information content (AvgIpc) is 2.64. The summed E-state index contributed by atoms with van der Waals surface area (Å²) in [4.78, 5) is 11.8. The number of H-pyrrole nitrogens is 1. The average molecular weight is 251 g/mol. The number of amides is 1. The first kappa shape index (κ1) is 12.2. The molecule has 94 valence electrons. The molecule has 0 atom stereocenters. The topological polar surface area (TPSA) is 57.8 Å². The van der Waals surface area contributed by atoms with E-state index in [9.17, 15) is 13.6 Å². The molecule has 2 N–H and O–H groups in total. The van der Waals surface area contributed by atoms with Crippen LogP contribution in [0.4, 0.5) is 14.5 Å². The largest absolute Gasteiger partial charge is 0.319 e. The lowest BCUT2D eigenvalue weighted by Crippen LogP contribution is -2.13. The summed E-state index contributed by atoms with van der Waals surface area (Å²) in [5, 5.41) is 9.24. The van der Waals surface area contributed by atoms with Gasteiger partial charge in [-0.3, -0.25) is 9.89 Å². The fourth-order valence-corrected chi connectivity index (χ4v) is 1.56. The Morgan fingerprint density at radius 1 is 1.28 bits per heavy atom. The Morgan fingerprint density at radius 2 is 2.00 bits per heavy atom. The van der Waals surface area contributed by atoms with Crippen molar-refractivity contribution in [1.82, 2.24) is 10.2 Å². The van der Waals surface area contributed by atoms with Gasteiger partial charge in [0.2, 0.25) is 0 Å². The molecule has 2 aromatic rings. The number of benzene rings is 1. The van der Waals surface area contributed by atoms with Gasteiger partial charge in [-0.05, 0) is 32.0 Å². The molecular formula is C12H11F2N3O. The van der Waals surface area contributed by atoms with Gasteiger partial charge in [0.25, 0.3) is 5.91 Å². The lowest BCUT2D eigenvalue weighted by atomic mass is 10.2. The lowest BCUT2D eigenvalue weighted by molar-refractivity contribution is 0.102. The molecule has 0 spiro atoms. The molecule has 0 aliphatic rings. The molecule has 0 saturated heterocycles. The predicted octanol–water partition coefficient (Wildman–Crippen LogP) is 2.56. The zero-order valence-corrected chi connectivity index (χ0v) is 9.84. The molecule has 0 saturated carbocycles. The molecule has 1 amide bonds.